The van der Waals surface area contributed by atoms with Crippen LogP contribution in [0.5, 0.6) is 11.5 Å². The van der Waals surface area contributed by atoms with Crippen molar-refractivity contribution in [2.45, 2.75) is 32.7 Å². The molecule has 1 atom stereocenters. The highest BCUT2D eigenvalue weighted by Gasteiger charge is 2.35. The van der Waals surface area contributed by atoms with Gasteiger partial charge in [0, 0.05) is 29.6 Å². The van der Waals surface area contributed by atoms with Crippen LogP contribution in [-0.4, -0.2) is 50.7 Å². The number of hydrogen-bond acceptors (Lipinski definition) is 6. The molecular weight excluding hydrogens is 450 g/mol. The van der Waals surface area contributed by atoms with Crippen LogP contribution in [-0.2, 0) is 9.53 Å². The number of unbranched alkanes of at least 4 members (excludes halogenated alkanes) is 1. The number of carbonyl (C=O) groups excluding carboxylic acids is 3. The molecule has 0 radical (unpaired) electrons. The van der Waals surface area contributed by atoms with Gasteiger partial charge in [0.05, 0.1) is 32.9 Å². The molecule has 0 bridgehead atoms. The van der Waals surface area contributed by atoms with Crippen LogP contribution in [0.4, 0.5) is 10.5 Å². The number of benzene rings is 2. The quantitative estimate of drug-likeness (QED) is 0.518. The zero-order chi connectivity index (χ0) is 25.5. The fraction of sp³-hybridized carbons (Fsp3) is 0.346. The molecule has 1 unspecified atom stereocenters. The number of carbonyl (C=O) groups is 3. The van der Waals surface area contributed by atoms with E-state index in [1.54, 1.807) is 54.3 Å². The summed E-state index contributed by atoms with van der Waals surface area (Å²) in [5, 5.41) is 5.75. The summed E-state index contributed by atoms with van der Waals surface area (Å²) in [6.07, 6.45) is 1.74. The number of rotatable bonds is 9. The summed E-state index contributed by atoms with van der Waals surface area (Å²) >= 11 is 0. The Morgan fingerprint density at radius 1 is 1.03 bits per heavy atom. The van der Waals surface area contributed by atoms with E-state index in [1.165, 1.54) is 21.3 Å². The van der Waals surface area contributed by atoms with Crippen molar-refractivity contribution in [1.29, 1.82) is 0 Å². The number of allylic oxidation sites excluding steroid dienone is 1. The SMILES string of the molecule is CCCCN1C(=O)NC(c2ccc(NC(=O)c3cc(OC)cc(OC)c3)cc2)C(C(=O)OC)=C1C. The van der Waals surface area contributed by atoms with Gasteiger partial charge in [-0.25, -0.2) is 9.59 Å². The normalized spacial score (nSPS) is 15.4. The molecule has 0 saturated heterocycles. The molecule has 3 amide bonds. The Bertz CT molecular complexity index is 1100. The maximum Gasteiger partial charge on any atom is 0.337 e. The highest BCUT2D eigenvalue weighted by Crippen LogP contribution is 2.32. The molecule has 9 nitrogen and oxygen atoms in total. The van der Waals surface area contributed by atoms with Gasteiger partial charge in [-0.15, -0.1) is 0 Å². The molecule has 2 aromatic carbocycles. The average molecular weight is 482 g/mol. The van der Waals surface area contributed by atoms with Gasteiger partial charge in [-0.2, -0.15) is 0 Å². The molecule has 2 aromatic rings. The number of esters is 1. The first kappa shape index (κ1) is 25.6. The van der Waals surface area contributed by atoms with E-state index in [9.17, 15) is 14.4 Å². The molecule has 9 heteroatoms. The van der Waals surface area contributed by atoms with E-state index >= 15 is 0 Å². The van der Waals surface area contributed by atoms with Crippen LogP contribution in [0.25, 0.3) is 0 Å². The average Bonchev–Trinajstić information content (AvgIpc) is 2.87. The number of amides is 3. The number of ether oxygens (including phenoxy) is 3. The first-order valence-electron chi connectivity index (χ1n) is 11.3. The predicted octanol–water partition coefficient (Wildman–Crippen LogP) is 4.27. The molecule has 186 valence electrons. The molecule has 0 aromatic heterocycles. The van der Waals surface area contributed by atoms with E-state index in [2.05, 4.69) is 10.6 Å². The van der Waals surface area contributed by atoms with E-state index in [4.69, 9.17) is 14.2 Å². The van der Waals surface area contributed by atoms with Crippen molar-refractivity contribution in [2.24, 2.45) is 0 Å². The minimum absolute atomic E-state index is 0.266. The van der Waals surface area contributed by atoms with Crippen molar-refractivity contribution in [3.8, 4) is 11.5 Å². The van der Waals surface area contributed by atoms with Gasteiger partial charge < -0.3 is 24.8 Å². The molecular formula is C26H31N3O6. The van der Waals surface area contributed by atoms with Crippen LogP contribution in [0.15, 0.2) is 53.7 Å². The Hall–Kier alpha value is -4.01. The summed E-state index contributed by atoms with van der Waals surface area (Å²) in [5.74, 6) is 0.170. The molecule has 1 aliphatic heterocycles. The summed E-state index contributed by atoms with van der Waals surface area (Å²) in [6.45, 7) is 4.31. The van der Waals surface area contributed by atoms with Gasteiger partial charge in [-0.05, 0) is 43.2 Å². The molecule has 1 aliphatic rings. The molecule has 2 N–H and O–H groups in total. The second kappa shape index (κ2) is 11.4. The Morgan fingerprint density at radius 3 is 2.20 bits per heavy atom. The maximum absolute atomic E-state index is 12.8. The van der Waals surface area contributed by atoms with E-state index in [0.29, 0.717) is 46.1 Å². The smallest absolute Gasteiger partial charge is 0.337 e. The Balaban J connectivity index is 1.84. The first-order valence-corrected chi connectivity index (χ1v) is 11.3. The van der Waals surface area contributed by atoms with E-state index in [0.717, 1.165) is 12.8 Å². The van der Waals surface area contributed by atoms with Gasteiger partial charge in [-0.1, -0.05) is 25.5 Å². The third-order valence-electron chi connectivity index (χ3n) is 5.85. The summed E-state index contributed by atoms with van der Waals surface area (Å²) in [6, 6.07) is 10.9. The largest absolute Gasteiger partial charge is 0.497 e. The number of nitrogens with zero attached hydrogens (tertiary/aromatic N) is 1. The van der Waals surface area contributed by atoms with Crippen molar-refractivity contribution >= 4 is 23.6 Å². The van der Waals surface area contributed by atoms with Gasteiger partial charge in [0.1, 0.15) is 11.5 Å². The van der Waals surface area contributed by atoms with Crippen LogP contribution < -0.4 is 20.1 Å². The van der Waals surface area contributed by atoms with Crippen molar-refractivity contribution in [2.75, 3.05) is 33.2 Å². The van der Waals surface area contributed by atoms with Gasteiger partial charge in [0.15, 0.2) is 0 Å². The number of nitrogens with one attached hydrogen (secondary N) is 2. The zero-order valence-electron chi connectivity index (χ0n) is 20.6. The fourth-order valence-corrected chi connectivity index (χ4v) is 3.89. The first-order chi connectivity index (χ1) is 16.8. The molecule has 0 fully saturated rings. The third-order valence-corrected chi connectivity index (χ3v) is 5.85. The van der Waals surface area contributed by atoms with Crippen LogP contribution in [0.1, 0.15) is 48.7 Å². The molecule has 0 saturated carbocycles. The monoisotopic (exact) mass is 481 g/mol. The second-order valence-corrected chi connectivity index (χ2v) is 8.06. The summed E-state index contributed by atoms with van der Waals surface area (Å²) in [7, 11) is 4.35. The Morgan fingerprint density at radius 2 is 1.66 bits per heavy atom. The summed E-state index contributed by atoms with van der Waals surface area (Å²) < 4.78 is 15.5. The standard InChI is InChI=1S/C26H31N3O6/c1-6-7-12-29-16(2)22(25(31)35-5)23(28-26(29)32)17-8-10-19(11-9-17)27-24(30)18-13-20(33-3)15-21(14-18)34-4/h8-11,13-15,23H,6-7,12H2,1-5H3,(H,27,30)(H,28,32). The lowest BCUT2D eigenvalue weighted by Gasteiger charge is -2.35. The van der Waals surface area contributed by atoms with Crippen LogP contribution >= 0.6 is 0 Å². The predicted molar refractivity (Wildman–Crippen MR) is 132 cm³/mol. The van der Waals surface area contributed by atoms with E-state index in [1.807, 2.05) is 6.92 Å². The number of methoxy groups -OCH3 is 3. The van der Waals surface area contributed by atoms with E-state index < -0.39 is 12.0 Å². The van der Waals surface area contributed by atoms with Crippen LogP contribution in [0, 0.1) is 0 Å². The Kier molecular flexibility index (Phi) is 8.35. The number of hydrogen-bond donors (Lipinski definition) is 2. The lowest BCUT2D eigenvalue weighted by atomic mass is 9.94. The van der Waals surface area contributed by atoms with Crippen molar-refractivity contribution in [3.63, 3.8) is 0 Å². The Labute approximate surface area is 205 Å². The van der Waals surface area contributed by atoms with Gasteiger partial charge in [0.25, 0.3) is 5.91 Å². The number of urea groups is 1. The second-order valence-electron chi connectivity index (χ2n) is 8.06. The van der Waals surface area contributed by atoms with Crippen LogP contribution in [0.2, 0.25) is 0 Å². The van der Waals surface area contributed by atoms with Crippen molar-refractivity contribution in [3.05, 3.63) is 64.9 Å². The van der Waals surface area contributed by atoms with Gasteiger partial charge in [0.2, 0.25) is 0 Å². The highest BCUT2D eigenvalue weighted by molar-refractivity contribution is 6.04. The zero-order valence-corrected chi connectivity index (χ0v) is 20.6. The fourth-order valence-electron chi connectivity index (χ4n) is 3.89. The third kappa shape index (κ3) is 5.74. The highest BCUT2D eigenvalue weighted by atomic mass is 16.5. The minimum atomic E-state index is -0.666. The lowest BCUT2D eigenvalue weighted by molar-refractivity contribution is -0.136. The van der Waals surface area contributed by atoms with Crippen LogP contribution in [0.3, 0.4) is 0 Å². The maximum atomic E-state index is 12.8. The summed E-state index contributed by atoms with van der Waals surface area (Å²) in [5.41, 5.74) is 2.57. The molecule has 35 heavy (non-hydrogen) atoms. The van der Waals surface area contributed by atoms with Gasteiger partial charge >= 0.3 is 12.0 Å². The molecule has 3 rings (SSSR count). The van der Waals surface area contributed by atoms with Gasteiger partial charge in [-0.3, -0.25) is 9.69 Å². The van der Waals surface area contributed by atoms with Crippen molar-refractivity contribution < 1.29 is 28.6 Å². The topological polar surface area (TPSA) is 106 Å². The minimum Gasteiger partial charge on any atom is -0.497 e. The summed E-state index contributed by atoms with van der Waals surface area (Å²) in [4.78, 5) is 39.7. The molecule has 0 spiro atoms. The molecule has 1 heterocycles. The van der Waals surface area contributed by atoms with E-state index in [-0.39, 0.29) is 11.9 Å². The number of anilines is 1. The van der Waals surface area contributed by atoms with Crippen molar-refractivity contribution in [1.82, 2.24) is 10.2 Å². The molecule has 0 aliphatic carbocycles. The lowest BCUT2D eigenvalue weighted by Crippen LogP contribution is -2.48.